The standard InChI is InChI=1S/C23H43N7O4S/c1-4-16(2)18-7-10-26-19(14-35-15-22(34)27-11-8-21(33)29-18)20(32)12-30(3)17(13-31)6-5-9-28-23(24)25/h13,16-19,26H,4-12,14-15H2,1-3H3,(H,27,34)(H,29,33)(H4,24,25,28)/t16-,17-,18+,19-/m0/s1. The van der Waals surface area contributed by atoms with Gasteiger partial charge in [-0.25, -0.2) is 0 Å². The fourth-order valence-corrected chi connectivity index (χ4v) is 4.70. The zero-order valence-electron chi connectivity index (χ0n) is 21.3. The Kier molecular flexibility index (Phi) is 15.2. The number of hydrogen-bond acceptors (Lipinski definition) is 8. The van der Waals surface area contributed by atoms with E-state index in [1.54, 1.807) is 11.9 Å². The van der Waals surface area contributed by atoms with Crippen LogP contribution in [0, 0.1) is 5.92 Å². The summed E-state index contributed by atoms with van der Waals surface area (Å²) in [7, 11) is 1.75. The summed E-state index contributed by atoms with van der Waals surface area (Å²) >= 11 is 1.38. The van der Waals surface area contributed by atoms with Gasteiger partial charge in [0.15, 0.2) is 11.7 Å². The number of amides is 2. The highest BCUT2D eigenvalue weighted by Crippen LogP contribution is 2.13. The van der Waals surface area contributed by atoms with Gasteiger partial charge in [-0.05, 0) is 38.8 Å². The molecule has 0 bridgehead atoms. The molecule has 0 radical (unpaired) electrons. The number of nitrogens with zero attached hydrogens (tertiary/aromatic N) is 2. The third-order valence-electron chi connectivity index (χ3n) is 6.18. The second-order valence-electron chi connectivity index (χ2n) is 9.00. The van der Waals surface area contributed by atoms with E-state index in [2.05, 4.69) is 34.8 Å². The molecule has 1 aliphatic heterocycles. The number of Topliss-reactive ketones (excluding diaryl/α,β-unsaturated/α-hetero) is 1. The first-order valence-corrected chi connectivity index (χ1v) is 13.4. The van der Waals surface area contributed by atoms with Gasteiger partial charge in [-0.2, -0.15) is 0 Å². The van der Waals surface area contributed by atoms with Crippen molar-refractivity contribution in [3.05, 3.63) is 0 Å². The minimum Gasteiger partial charge on any atom is -0.370 e. The molecule has 1 heterocycles. The van der Waals surface area contributed by atoms with E-state index in [1.807, 2.05) is 0 Å². The highest BCUT2D eigenvalue weighted by Gasteiger charge is 2.25. The van der Waals surface area contributed by atoms with Gasteiger partial charge in [0, 0.05) is 31.3 Å². The van der Waals surface area contributed by atoms with Crippen molar-refractivity contribution in [3.8, 4) is 0 Å². The van der Waals surface area contributed by atoms with Crippen LogP contribution in [0.15, 0.2) is 4.99 Å². The highest BCUT2D eigenvalue weighted by atomic mass is 32.2. The van der Waals surface area contributed by atoms with E-state index in [0.717, 1.165) is 12.7 Å². The average Bonchev–Trinajstić information content (AvgIpc) is 2.81. The highest BCUT2D eigenvalue weighted by molar-refractivity contribution is 8.00. The summed E-state index contributed by atoms with van der Waals surface area (Å²) in [4.78, 5) is 54.8. The molecule has 1 aliphatic rings. The largest absolute Gasteiger partial charge is 0.370 e. The van der Waals surface area contributed by atoms with Gasteiger partial charge >= 0.3 is 0 Å². The molecule has 1 saturated heterocycles. The number of carbonyl (C=O) groups excluding carboxylic acids is 4. The maximum Gasteiger partial charge on any atom is 0.230 e. The number of thioether (sulfide) groups is 1. The number of likely N-dealkylation sites (N-methyl/N-ethyl adjacent to an activating group) is 1. The molecule has 0 unspecified atom stereocenters. The summed E-state index contributed by atoms with van der Waals surface area (Å²) in [5.74, 6) is 0.643. The predicted molar refractivity (Wildman–Crippen MR) is 140 cm³/mol. The zero-order valence-corrected chi connectivity index (χ0v) is 22.1. The number of aliphatic imine (C=N–C) groups is 1. The summed E-state index contributed by atoms with van der Waals surface area (Å²) in [5, 5.41) is 9.16. The van der Waals surface area contributed by atoms with Crippen molar-refractivity contribution < 1.29 is 19.2 Å². The van der Waals surface area contributed by atoms with Crippen LogP contribution in [0.3, 0.4) is 0 Å². The quantitative estimate of drug-likeness (QED) is 0.103. The lowest BCUT2D eigenvalue weighted by atomic mass is 9.96. The number of guanidine groups is 1. The average molecular weight is 514 g/mol. The molecule has 1 fully saturated rings. The smallest absolute Gasteiger partial charge is 0.230 e. The van der Waals surface area contributed by atoms with Gasteiger partial charge in [0.05, 0.1) is 24.4 Å². The van der Waals surface area contributed by atoms with Gasteiger partial charge in [-0.1, -0.05) is 20.3 Å². The van der Waals surface area contributed by atoms with E-state index in [4.69, 9.17) is 11.5 Å². The number of hydrogen-bond donors (Lipinski definition) is 5. The van der Waals surface area contributed by atoms with Crippen molar-refractivity contribution in [2.45, 2.75) is 64.1 Å². The molecule has 2 amide bonds. The summed E-state index contributed by atoms with van der Waals surface area (Å²) in [6.45, 7) is 5.54. The maximum atomic E-state index is 13.1. The Hall–Kier alpha value is -2.18. The third kappa shape index (κ3) is 12.9. The van der Waals surface area contributed by atoms with Crippen LogP contribution < -0.4 is 27.4 Å². The van der Waals surface area contributed by atoms with E-state index in [1.165, 1.54) is 11.8 Å². The van der Waals surface area contributed by atoms with Crippen molar-refractivity contribution in [1.29, 1.82) is 0 Å². The normalized spacial score (nSPS) is 22.3. The van der Waals surface area contributed by atoms with Crippen molar-refractivity contribution in [2.75, 3.05) is 44.7 Å². The zero-order chi connectivity index (χ0) is 26.2. The summed E-state index contributed by atoms with van der Waals surface area (Å²) < 4.78 is 0. The van der Waals surface area contributed by atoms with E-state index in [-0.39, 0.29) is 54.2 Å². The second kappa shape index (κ2) is 17.3. The number of nitrogens with two attached hydrogens (primary N) is 2. The van der Waals surface area contributed by atoms with Crippen LogP contribution in [0.1, 0.15) is 46.0 Å². The van der Waals surface area contributed by atoms with Crippen molar-refractivity contribution in [1.82, 2.24) is 20.9 Å². The Morgan fingerprint density at radius 3 is 2.69 bits per heavy atom. The first-order valence-electron chi connectivity index (χ1n) is 12.3. The Bertz CT molecular complexity index is 718. The molecule has 0 aromatic carbocycles. The Morgan fingerprint density at radius 2 is 2.03 bits per heavy atom. The van der Waals surface area contributed by atoms with Gasteiger partial charge in [-0.3, -0.25) is 24.3 Å². The van der Waals surface area contributed by atoms with Crippen LogP contribution in [0.2, 0.25) is 0 Å². The number of aldehydes is 1. The number of carbonyl (C=O) groups is 4. The van der Waals surface area contributed by atoms with E-state index in [0.29, 0.717) is 44.6 Å². The van der Waals surface area contributed by atoms with E-state index < -0.39 is 12.1 Å². The van der Waals surface area contributed by atoms with Crippen LogP contribution in [0.4, 0.5) is 0 Å². The SMILES string of the molecule is CC[C@H](C)[C@H]1CCN[C@H](C(=O)CN(C)[C@H](C=O)CCCN=C(N)N)CSCC(=O)NCCC(=O)N1. The van der Waals surface area contributed by atoms with E-state index in [9.17, 15) is 19.2 Å². The van der Waals surface area contributed by atoms with Gasteiger partial charge in [-0.15, -0.1) is 11.8 Å². The molecule has 4 atom stereocenters. The molecule has 1 rings (SSSR count). The molecular formula is C23H43N7O4S. The lowest BCUT2D eigenvalue weighted by Crippen LogP contribution is -2.48. The summed E-state index contributed by atoms with van der Waals surface area (Å²) in [5.41, 5.74) is 10.7. The first kappa shape index (κ1) is 30.9. The minimum atomic E-state index is -0.472. The molecule has 7 N–H and O–H groups in total. The number of nitrogens with one attached hydrogen (secondary N) is 3. The topological polar surface area (TPSA) is 172 Å². The van der Waals surface area contributed by atoms with Crippen LogP contribution in [-0.4, -0.2) is 97.6 Å². The fraction of sp³-hybridized carbons (Fsp3) is 0.783. The van der Waals surface area contributed by atoms with Crippen LogP contribution in [0.25, 0.3) is 0 Å². The molecule has 0 aromatic heterocycles. The van der Waals surface area contributed by atoms with Gasteiger partial charge in [0.25, 0.3) is 0 Å². The third-order valence-corrected chi connectivity index (χ3v) is 7.22. The second-order valence-corrected chi connectivity index (χ2v) is 10.0. The Labute approximate surface area is 213 Å². The predicted octanol–water partition coefficient (Wildman–Crippen LogP) is -0.759. The maximum absolute atomic E-state index is 13.1. The molecule has 12 heteroatoms. The summed E-state index contributed by atoms with van der Waals surface area (Å²) in [6, 6.07) is -0.912. The molecule has 200 valence electrons. The molecular weight excluding hydrogens is 470 g/mol. The van der Waals surface area contributed by atoms with Crippen LogP contribution in [-0.2, 0) is 19.2 Å². The molecule has 0 spiro atoms. The Morgan fingerprint density at radius 1 is 1.29 bits per heavy atom. The monoisotopic (exact) mass is 513 g/mol. The lowest BCUT2D eigenvalue weighted by Gasteiger charge is -2.28. The van der Waals surface area contributed by atoms with Gasteiger partial charge < -0.3 is 32.2 Å². The molecule has 0 aliphatic carbocycles. The van der Waals surface area contributed by atoms with Crippen LogP contribution in [0.5, 0.6) is 0 Å². The molecule has 0 saturated carbocycles. The summed E-state index contributed by atoms with van der Waals surface area (Å²) in [6.07, 6.45) is 3.85. The molecule has 11 nitrogen and oxygen atoms in total. The van der Waals surface area contributed by atoms with Crippen molar-refractivity contribution in [2.24, 2.45) is 22.4 Å². The molecule has 35 heavy (non-hydrogen) atoms. The Balaban J connectivity index is 2.79. The number of ketones is 1. The first-order chi connectivity index (χ1) is 16.7. The number of rotatable bonds is 11. The lowest BCUT2D eigenvalue weighted by molar-refractivity contribution is -0.124. The van der Waals surface area contributed by atoms with Gasteiger partial charge in [0.2, 0.25) is 11.8 Å². The van der Waals surface area contributed by atoms with E-state index >= 15 is 0 Å². The van der Waals surface area contributed by atoms with Crippen LogP contribution >= 0.6 is 11.8 Å². The van der Waals surface area contributed by atoms with Gasteiger partial charge in [0.1, 0.15) is 6.29 Å². The molecule has 0 aromatic rings. The minimum absolute atomic E-state index is 0.0115. The fourth-order valence-electron chi connectivity index (χ4n) is 3.75. The van der Waals surface area contributed by atoms with Crippen molar-refractivity contribution in [3.63, 3.8) is 0 Å². The van der Waals surface area contributed by atoms with Crippen molar-refractivity contribution >= 4 is 41.6 Å².